The normalized spacial score (nSPS) is 18.4. The van der Waals surface area contributed by atoms with Gasteiger partial charge in [0.15, 0.2) is 5.82 Å². The fraction of sp³-hybridized carbons (Fsp3) is 0.545. The summed E-state index contributed by atoms with van der Waals surface area (Å²) in [6, 6.07) is 4.48. The molecule has 1 fully saturated rings. The molecule has 0 bridgehead atoms. The van der Waals surface area contributed by atoms with Gasteiger partial charge in [-0.25, -0.2) is 15.0 Å². The summed E-state index contributed by atoms with van der Waals surface area (Å²) < 4.78 is 0. The summed E-state index contributed by atoms with van der Waals surface area (Å²) in [5, 5.41) is 3.43. The highest BCUT2D eigenvalue weighted by molar-refractivity contribution is 5.88. The molecule has 30 heavy (non-hydrogen) atoms. The number of carbonyl (C=O) groups excluding carboxylic acids is 1. The van der Waals surface area contributed by atoms with Crippen LogP contribution in [0.1, 0.15) is 27.2 Å². The number of rotatable bonds is 7. The zero-order valence-electron chi connectivity index (χ0n) is 18.7. The van der Waals surface area contributed by atoms with Crippen LogP contribution < -0.4 is 10.2 Å². The maximum absolute atomic E-state index is 12.5. The SMILES string of the molecule is CC[C@@H](C)Nc1ncnc2ccc(N3CCN(C(=O)/C=C/CN(C)C)C[C@@H]3C)nc12. The molecule has 8 heteroatoms. The van der Waals surface area contributed by atoms with Crippen molar-refractivity contribution in [2.45, 2.75) is 39.3 Å². The molecule has 0 radical (unpaired) electrons. The van der Waals surface area contributed by atoms with Gasteiger partial charge in [-0.1, -0.05) is 13.0 Å². The van der Waals surface area contributed by atoms with Gasteiger partial charge in [0.05, 0.1) is 5.52 Å². The molecular formula is C22H33N7O. The minimum absolute atomic E-state index is 0.0725. The van der Waals surface area contributed by atoms with Crippen molar-refractivity contribution in [2.75, 3.05) is 50.5 Å². The monoisotopic (exact) mass is 411 g/mol. The minimum atomic E-state index is 0.0725. The second-order valence-electron chi connectivity index (χ2n) is 8.20. The second-order valence-corrected chi connectivity index (χ2v) is 8.20. The molecule has 8 nitrogen and oxygen atoms in total. The number of anilines is 2. The van der Waals surface area contributed by atoms with Gasteiger partial charge in [-0.2, -0.15) is 0 Å². The van der Waals surface area contributed by atoms with Gasteiger partial charge in [-0.3, -0.25) is 4.79 Å². The number of carbonyl (C=O) groups is 1. The molecule has 162 valence electrons. The van der Waals surface area contributed by atoms with Crippen LogP contribution in [0.5, 0.6) is 0 Å². The van der Waals surface area contributed by atoms with E-state index in [0.717, 1.165) is 42.2 Å². The minimum Gasteiger partial charge on any atom is -0.366 e. The standard InChI is InChI=1S/C22H33N7O/c1-6-16(2)25-22-21-18(23-15-24-22)9-10-19(26-21)29-13-12-28(14-17(29)3)20(30)8-7-11-27(4)5/h7-10,15-17H,6,11-14H2,1-5H3,(H,23,24,25)/b8-7+/t16-,17+/m1/s1. The topological polar surface area (TPSA) is 77.5 Å². The molecule has 0 unspecified atom stereocenters. The van der Waals surface area contributed by atoms with Crippen molar-refractivity contribution in [1.82, 2.24) is 24.8 Å². The summed E-state index contributed by atoms with van der Waals surface area (Å²) in [5.41, 5.74) is 1.61. The number of amides is 1. The van der Waals surface area contributed by atoms with Crippen molar-refractivity contribution < 1.29 is 4.79 Å². The largest absolute Gasteiger partial charge is 0.366 e. The number of aromatic nitrogens is 3. The van der Waals surface area contributed by atoms with E-state index in [1.54, 1.807) is 12.4 Å². The molecule has 2 aromatic rings. The molecule has 1 amide bonds. The number of likely N-dealkylation sites (N-methyl/N-ethyl adjacent to an activating group) is 1. The molecule has 0 saturated carbocycles. The average Bonchev–Trinajstić information content (AvgIpc) is 2.73. The van der Waals surface area contributed by atoms with Crippen molar-refractivity contribution in [1.29, 1.82) is 0 Å². The summed E-state index contributed by atoms with van der Waals surface area (Å²) in [6.45, 7) is 9.26. The number of fused-ring (bicyclic) bond motifs is 1. The van der Waals surface area contributed by atoms with Gasteiger partial charge >= 0.3 is 0 Å². The molecule has 3 rings (SSSR count). The Morgan fingerprint density at radius 1 is 1.33 bits per heavy atom. The Morgan fingerprint density at radius 2 is 2.13 bits per heavy atom. The van der Waals surface area contributed by atoms with Gasteiger partial charge in [-0.05, 0) is 46.5 Å². The maximum Gasteiger partial charge on any atom is 0.246 e. The Labute approximate surface area is 179 Å². The first kappa shape index (κ1) is 22.0. The molecule has 3 heterocycles. The van der Waals surface area contributed by atoms with Crippen LogP contribution in [-0.4, -0.2) is 83.0 Å². The van der Waals surface area contributed by atoms with E-state index < -0.39 is 0 Å². The number of pyridine rings is 1. The van der Waals surface area contributed by atoms with Crippen molar-refractivity contribution >= 4 is 28.6 Å². The number of nitrogens with zero attached hydrogens (tertiary/aromatic N) is 6. The summed E-state index contributed by atoms with van der Waals surface area (Å²) in [5.74, 6) is 1.74. The molecule has 2 aromatic heterocycles. The predicted octanol–water partition coefficient (Wildman–Crippen LogP) is 2.39. The summed E-state index contributed by atoms with van der Waals surface area (Å²) in [7, 11) is 3.97. The smallest absolute Gasteiger partial charge is 0.246 e. The van der Waals surface area contributed by atoms with Crippen LogP contribution in [0.15, 0.2) is 30.6 Å². The van der Waals surface area contributed by atoms with Gasteiger partial charge in [0.2, 0.25) is 5.91 Å². The Kier molecular flexibility index (Phi) is 7.20. The Hall–Kier alpha value is -2.74. The molecule has 0 spiro atoms. The van der Waals surface area contributed by atoms with Crippen LogP contribution in [0.4, 0.5) is 11.6 Å². The molecule has 1 saturated heterocycles. The van der Waals surface area contributed by atoms with Crippen molar-refractivity contribution in [3.63, 3.8) is 0 Å². The highest BCUT2D eigenvalue weighted by Gasteiger charge is 2.27. The molecule has 1 aliphatic rings. The lowest BCUT2D eigenvalue weighted by Crippen LogP contribution is -2.53. The van der Waals surface area contributed by atoms with Gasteiger partial charge in [0, 0.05) is 44.3 Å². The molecule has 0 aromatic carbocycles. The third-order valence-corrected chi connectivity index (χ3v) is 5.43. The van der Waals surface area contributed by atoms with Gasteiger partial charge < -0.3 is 20.0 Å². The van der Waals surface area contributed by atoms with Gasteiger partial charge in [-0.15, -0.1) is 0 Å². The van der Waals surface area contributed by atoms with E-state index in [1.807, 2.05) is 42.1 Å². The van der Waals surface area contributed by atoms with Crippen molar-refractivity contribution in [2.24, 2.45) is 0 Å². The molecule has 1 aliphatic heterocycles. The van der Waals surface area contributed by atoms with E-state index in [2.05, 4.69) is 41.0 Å². The van der Waals surface area contributed by atoms with Crippen LogP contribution in [0.2, 0.25) is 0 Å². The number of nitrogens with one attached hydrogen (secondary N) is 1. The Bertz CT molecular complexity index is 898. The van der Waals surface area contributed by atoms with E-state index in [0.29, 0.717) is 19.1 Å². The average molecular weight is 412 g/mol. The maximum atomic E-state index is 12.5. The van der Waals surface area contributed by atoms with Gasteiger partial charge in [0.1, 0.15) is 17.7 Å². The number of piperazine rings is 1. The van der Waals surface area contributed by atoms with Crippen molar-refractivity contribution in [3.8, 4) is 0 Å². The van der Waals surface area contributed by atoms with E-state index in [4.69, 9.17) is 4.98 Å². The lowest BCUT2D eigenvalue weighted by molar-refractivity contribution is -0.126. The van der Waals surface area contributed by atoms with Crippen LogP contribution >= 0.6 is 0 Å². The van der Waals surface area contributed by atoms with E-state index in [-0.39, 0.29) is 11.9 Å². The van der Waals surface area contributed by atoms with Crippen LogP contribution in [-0.2, 0) is 4.79 Å². The van der Waals surface area contributed by atoms with E-state index in [1.165, 1.54) is 0 Å². The molecular weight excluding hydrogens is 378 g/mol. The lowest BCUT2D eigenvalue weighted by Gasteiger charge is -2.40. The summed E-state index contributed by atoms with van der Waals surface area (Å²) >= 11 is 0. The zero-order chi connectivity index (χ0) is 21.7. The van der Waals surface area contributed by atoms with Crippen LogP contribution in [0.3, 0.4) is 0 Å². The Balaban J connectivity index is 1.74. The molecule has 2 atom stereocenters. The third kappa shape index (κ3) is 5.24. The quantitative estimate of drug-likeness (QED) is 0.701. The fourth-order valence-corrected chi connectivity index (χ4v) is 3.50. The number of hydrogen-bond donors (Lipinski definition) is 1. The lowest BCUT2D eigenvalue weighted by atomic mass is 10.1. The van der Waals surface area contributed by atoms with Crippen molar-refractivity contribution in [3.05, 3.63) is 30.6 Å². The third-order valence-electron chi connectivity index (χ3n) is 5.43. The summed E-state index contributed by atoms with van der Waals surface area (Å²) in [6.07, 6.45) is 6.17. The second kappa shape index (κ2) is 9.84. The van der Waals surface area contributed by atoms with E-state index in [9.17, 15) is 4.79 Å². The van der Waals surface area contributed by atoms with Gasteiger partial charge in [0.25, 0.3) is 0 Å². The predicted molar refractivity (Wildman–Crippen MR) is 122 cm³/mol. The van der Waals surface area contributed by atoms with Crippen LogP contribution in [0, 0.1) is 0 Å². The number of hydrogen-bond acceptors (Lipinski definition) is 7. The van der Waals surface area contributed by atoms with Crippen LogP contribution in [0.25, 0.3) is 11.0 Å². The first-order chi connectivity index (χ1) is 14.4. The molecule has 1 N–H and O–H groups in total. The summed E-state index contributed by atoms with van der Waals surface area (Å²) in [4.78, 5) is 32.3. The highest BCUT2D eigenvalue weighted by Crippen LogP contribution is 2.24. The Morgan fingerprint density at radius 3 is 2.83 bits per heavy atom. The first-order valence-corrected chi connectivity index (χ1v) is 10.6. The zero-order valence-corrected chi connectivity index (χ0v) is 18.7. The fourth-order valence-electron chi connectivity index (χ4n) is 3.50. The van der Waals surface area contributed by atoms with E-state index >= 15 is 0 Å². The first-order valence-electron chi connectivity index (χ1n) is 10.6. The molecule has 0 aliphatic carbocycles. The highest BCUT2D eigenvalue weighted by atomic mass is 16.2.